The molecule has 0 aromatic heterocycles. The molecule has 0 bridgehead atoms. The lowest BCUT2D eigenvalue weighted by molar-refractivity contribution is -0.136. The molecule has 3 atom stereocenters. The number of nitrogens with zero attached hydrogens (tertiary/aromatic N) is 1. The van der Waals surface area contributed by atoms with Gasteiger partial charge in [0.1, 0.15) is 12.2 Å². The van der Waals surface area contributed by atoms with Gasteiger partial charge in [-0.15, -0.1) is 0 Å². The molecule has 0 radical (unpaired) electrons. The molecule has 4 rings (SSSR count). The van der Waals surface area contributed by atoms with Crippen molar-refractivity contribution in [3.8, 4) is 0 Å². The first kappa shape index (κ1) is 18.7. The van der Waals surface area contributed by atoms with E-state index in [1.165, 1.54) is 0 Å². The van der Waals surface area contributed by atoms with Gasteiger partial charge in [-0.05, 0) is 31.0 Å². The van der Waals surface area contributed by atoms with Crippen LogP contribution >= 0.6 is 0 Å². The molecule has 3 aliphatic heterocycles. The Hall–Kier alpha value is -2.65. The van der Waals surface area contributed by atoms with E-state index in [4.69, 9.17) is 0 Å². The summed E-state index contributed by atoms with van der Waals surface area (Å²) in [6, 6.07) is 3.56. The maximum absolute atomic E-state index is 14.0. The number of carbonyl (C=O) groups is 4. The number of amides is 4. The van der Waals surface area contributed by atoms with Crippen molar-refractivity contribution in [2.45, 2.75) is 44.1 Å². The van der Waals surface area contributed by atoms with Crippen LogP contribution in [0.1, 0.15) is 45.5 Å². The zero-order valence-corrected chi connectivity index (χ0v) is 15.2. The summed E-state index contributed by atoms with van der Waals surface area (Å²) in [5.74, 6) is -2.15. The van der Waals surface area contributed by atoms with Crippen LogP contribution in [0.2, 0.25) is 0 Å². The number of imide groups is 2. The van der Waals surface area contributed by atoms with Gasteiger partial charge >= 0.3 is 0 Å². The molecule has 3 N–H and O–H groups in total. The number of halogens is 1. The zero-order chi connectivity index (χ0) is 19.8. The number of hydrogen-bond acceptors (Lipinski definition) is 6. The smallest absolute Gasteiger partial charge is 0.262 e. The van der Waals surface area contributed by atoms with Crippen molar-refractivity contribution in [3.63, 3.8) is 0 Å². The van der Waals surface area contributed by atoms with Crippen LogP contribution in [-0.4, -0.2) is 59.9 Å². The number of rotatable bonds is 4. The van der Waals surface area contributed by atoms with Crippen LogP contribution in [0.4, 0.5) is 4.39 Å². The molecule has 0 aliphatic carbocycles. The normalized spacial score (nSPS) is 27.8. The van der Waals surface area contributed by atoms with Crippen LogP contribution in [0.5, 0.6) is 0 Å². The lowest BCUT2D eigenvalue weighted by Gasteiger charge is -2.28. The van der Waals surface area contributed by atoms with Crippen LogP contribution in [0.15, 0.2) is 18.2 Å². The highest BCUT2D eigenvalue weighted by molar-refractivity contribution is 6.24. The second-order valence-electron chi connectivity index (χ2n) is 7.28. The van der Waals surface area contributed by atoms with Gasteiger partial charge in [0.25, 0.3) is 11.8 Å². The third kappa shape index (κ3) is 3.20. The summed E-state index contributed by atoms with van der Waals surface area (Å²) >= 11 is 0. The number of hydrogen-bond donors (Lipinski definition) is 3. The summed E-state index contributed by atoms with van der Waals surface area (Å²) in [5.41, 5.74) is 1.06. The molecule has 2 fully saturated rings. The second-order valence-corrected chi connectivity index (χ2v) is 7.28. The van der Waals surface area contributed by atoms with E-state index in [-0.39, 0.29) is 36.6 Å². The van der Waals surface area contributed by atoms with Crippen molar-refractivity contribution >= 4 is 23.6 Å². The highest BCUT2D eigenvalue weighted by atomic mass is 19.1. The summed E-state index contributed by atoms with van der Waals surface area (Å²) in [4.78, 5) is 50.2. The lowest BCUT2D eigenvalue weighted by atomic mass is 10.0. The average molecular weight is 388 g/mol. The van der Waals surface area contributed by atoms with Gasteiger partial charge < -0.3 is 10.6 Å². The number of alkyl halides is 1. The van der Waals surface area contributed by atoms with E-state index >= 15 is 0 Å². The van der Waals surface area contributed by atoms with Crippen LogP contribution in [-0.2, 0) is 16.1 Å². The minimum absolute atomic E-state index is 0.0742. The third-order valence-electron chi connectivity index (χ3n) is 5.51. The van der Waals surface area contributed by atoms with Crippen molar-refractivity contribution in [1.29, 1.82) is 0 Å². The third-order valence-corrected chi connectivity index (χ3v) is 5.51. The van der Waals surface area contributed by atoms with Crippen LogP contribution in [0, 0.1) is 0 Å². The van der Waals surface area contributed by atoms with Gasteiger partial charge in [-0.2, -0.15) is 0 Å². The number of carbonyl (C=O) groups excluding carboxylic acids is 4. The molecule has 8 nitrogen and oxygen atoms in total. The van der Waals surface area contributed by atoms with Gasteiger partial charge in [0.15, 0.2) is 0 Å². The molecular formula is C19H21FN4O4. The van der Waals surface area contributed by atoms with Gasteiger partial charge in [-0.25, -0.2) is 4.39 Å². The quantitative estimate of drug-likeness (QED) is 0.621. The zero-order valence-electron chi connectivity index (χ0n) is 15.2. The lowest BCUT2D eigenvalue weighted by Crippen LogP contribution is -2.54. The van der Waals surface area contributed by atoms with E-state index in [2.05, 4.69) is 16.0 Å². The minimum atomic E-state index is -0.997. The van der Waals surface area contributed by atoms with Crippen molar-refractivity contribution in [2.24, 2.45) is 0 Å². The summed E-state index contributed by atoms with van der Waals surface area (Å²) in [6.45, 7) is 1.36. The number of benzene rings is 1. The molecular weight excluding hydrogens is 367 g/mol. The molecule has 28 heavy (non-hydrogen) atoms. The van der Waals surface area contributed by atoms with E-state index in [1.54, 1.807) is 18.2 Å². The molecule has 3 aliphatic rings. The van der Waals surface area contributed by atoms with Gasteiger partial charge in [0, 0.05) is 19.5 Å². The first-order chi connectivity index (χ1) is 13.5. The molecule has 1 unspecified atom stereocenters. The highest BCUT2D eigenvalue weighted by Crippen LogP contribution is 2.30. The molecule has 4 amide bonds. The molecule has 0 spiro atoms. The number of piperidine rings is 2. The molecule has 0 saturated carbocycles. The van der Waals surface area contributed by atoms with Crippen molar-refractivity contribution in [3.05, 3.63) is 34.9 Å². The SMILES string of the molecule is O=C1CCC(N2C(=O)c3cccc(CN[C@H]4CNCC[C@H]4F)c3C2=O)C(=O)N1. The Bertz CT molecular complexity index is 858. The molecule has 3 heterocycles. The van der Waals surface area contributed by atoms with Crippen molar-refractivity contribution in [1.82, 2.24) is 20.9 Å². The largest absolute Gasteiger partial charge is 0.315 e. The number of nitrogens with one attached hydrogen (secondary N) is 3. The van der Waals surface area contributed by atoms with E-state index in [0.717, 1.165) is 4.90 Å². The maximum Gasteiger partial charge on any atom is 0.262 e. The van der Waals surface area contributed by atoms with Gasteiger partial charge in [0.05, 0.1) is 17.2 Å². The summed E-state index contributed by atoms with van der Waals surface area (Å²) < 4.78 is 14.0. The van der Waals surface area contributed by atoms with E-state index < -0.39 is 35.8 Å². The fraction of sp³-hybridized carbons (Fsp3) is 0.474. The van der Waals surface area contributed by atoms with Crippen LogP contribution < -0.4 is 16.0 Å². The predicted molar refractivity (Wildman–Crippen MR) is 96.1 cm³/mol. The maximum atomic E-state index is 14.0. The van der Waals surface area contributed by atoms with E-state index in [9.17, 15) is 23.6 Å². The topological polar surface area (TPSA) is 108 Å². The summed E-state index contributed by atoms with van der Waals surface area (Å²) in [5, 5.41) is 8.42. The Labute approximate surface area is 160 Å². The molecule has 9 heteroatoms. The first-order valence-electron chi connectivity index (χ1n) is 9.39. The number of fused-ring (bicyclic) bond motifs is 1. The Morgan fingerprint density at radius 2 is 1.96 bits per heavy atom. The molecule has 148 valence electrons. The fourth-order valence-corrected chi connectivity index (χ4v) is 4.00. The summed E-state index contributed by atoms with van der Waals surface area (Å²) in [6.07, 6.45) is -0.368. The van der Waals surface area contributed by atoms with Crippen molar-refractivity contribution in [2.75, 3.05) is 13.1 Å². The van der Waals surface area contributed by atoms with Crippen LogP contribution in [0.25, 0.3) is 0 Å². The molecule has 1 aromatic rings. The van der Waals surface area contributed by atoms with Crippen LogP contribution in [0.3, 0.4) is 0 Å². The monoisotopic (exact) mass is 388 g/mol. The average Bonchev–Trinajstić information content (AvgIpc) is 2.93. The van der Waals surface area contributed by atoms with Crippen molar-refractivity contribution < 1.29 is 23.6 Å². The Balaban J connectivity index is 1.56. The Morgan fingerprint density at radius 1 is 1.14 bits per heavy atom. The Kier molecular flexibility index (Phi) is 4.94. The Morgan fingerprint density at radius 3 is 2.71 bits per heavy atom. The van der Waals surface area contributed by atoms with Gasteiger partial charge in [0.2, 0.25) is 11.8 Å². The molecule has 1 aromatic carbocycles. The predicted octanol–water partition coefficient (Wildman–Crippen LogP) is -0.123. The minimum Gasteiger partial charge on any atom is -0.315 e. The first-order valence-corrected chi connectivity index (χ1v) is 9.39. The van der Waals surface area contributed by atoms with Gasteiger partial charge in [-0.1, -0.05) is 12.1 Å². The standard InChI is InChI=1S/C19H21FN4O4/c20-12-6-7-21-9-13(12)22-8-10-2-1-3-11-16(10)19(28)24(18(11)27)14-4-5-15(25)23-17(14)26/h1-3,12-14,21-22H,4-9H2,(H,23,25,26)/t12-,13+,14?/m1/s1. The summed E-state index contributed by atoms with van der Waals surface area (Å²) in [7, 11) is 0. The second kappa shape index (κ2) is 7.40. The fourth-order valence-electron chi connectivity index (χ4n) is 4.00. The highest BCUT2D eigenvalue weighted by Gasteiger charge is 2.45. The van der Waals surface area contributed by atoms with Gasteiger partial charge in [-0.3, -0.25) is 29.4 Å². The van der Waals surface area contributed by atoms with E-state index in [0.29, 0.717) is 25.1 Å². The van der Waals surface area contributed by atoms with E-state index in [1.807, 2.05) is 0 Å². The molecule has 2 saturated heterocycles.